The van der Waals surface area contributed by atoms with E-state index in [4.69, 9.17) is 20.8 Å². The van der Waals surface area contributed by atoms with Crippen molar-refractivity contribution in [3.8, 4) is 0 Å². The maximum Gasteiger partial charge on any atom is 0.340 e. The summed E-state index contributed by atoms with van der Waals surface area (Å²) in [7, 11) is 0. The van der Waals surface area contributed by atoms with E-state index in [1.54, 1.807) is 24.3 Å². The van der Waals surface area contributed by atoms with Crippen LogP contribution in [0.3, 0.4) is 0 Å². The van der Waals surface area contributed by atoms with Crippen LogP contribution in [-0.2, 0) is 16.0 Å². The molecule has 0 saturated carbocycles. The second kappa shape index (κ2) is 10.3. The van der Waals surface area contributed by atoms with Crippen LogP contribution in [0.1, 0.15) is 26.5 Å². The fraction of sp³-hybridized carbons (Fsp3) is 0.136. The van der Waals surface area contributed by atoms with Crippen LogP contribution in [0.25, 0.3) is 0 Å². The molecular weight excluding hydrogens is 408 g/mol. The molecule has 0 radical (unpaired) electrons. The minimum absolute atomic E-state index is 0.00934. The lowest BCUT2D eigenvalue weighted by Crippen LogP contribution is -2.34. The molecule has 1 heterocycles. The smallest absolute Gasteiger partial charge is 0.340 e. The molecule has 3 aromatic rings. The first kappa shape index (κ1) is 21.1. The number of imide groups is 1. The van der Waals surface area contributed by atoms with Gasteiger partial charge in [-0.25, -0.2) is 4.79 Å². The first-order valence-electron chi connectivity index (χ1n) is 9.15. The molecule has 0 aliphatic heterocycles. The van der Waals surface area contributed by atoms with E-state index in [0.717, 1.165) is 12.0 Å². The van der Waals surface area contributed by atoms with E-state index in [0.29, 0.717) is 22.8 Å². The van der Waals surface area contributed by atoms with Gasteiger partial charge in [-0.05, 0) is 48.4 Å². The van der Waals surface area contributed by atoms with Crippen molar-refractivity contribution in [1.29, 1.82) is 0 Å². The van der Waals surface area contributed by atoms with Crippen molar-refractivity contribution < 1.29 is 23.5 Å². The fourth-order valence-electron chi connectivity index (χ4n) is 2.65. The number of para-hydroxylation sites is 1. The molecular formula is C22H19ClN2O5. The van der Waals surface area contributed by atoms with E-state index in [1.807, 2.05) is 24.3 Å². The molecule has 154 valence electrons. The summed E-state index contributed by atoms with van der Waals surface area (Å²) in [5, 5.41) is 5.96. The predicted octanol–water partition coefficient (Wildman–Crippen LogP) is 3.70. The van der Waals surface area contributed by atoms with Gasteiger partial charge in [0.15, 0.2) is 12.4 Å². The maximum atomic E-state index is 12.4. The second-order valence-electron chi connectivity index (χ2n) is 6.28. The van der Waals surface area contributed by atoms with E-state index in [1.165, 1.54) is 18.4 Å². The Morgan fingerprint density at radius 1 is 0.967 bits per heavy atom. The van der Waals surface area contributed by atoms with Crippen LogP contribution in [-0.4, -0.2) is 30.9 Å². The molecule has 0 spiro atoms. The number of anilines is 1. The third-order valence-corrected chi connectivity index (χ3v) is 4.37. The Labute approximate surface area is 178 Å². The summed E-state index contributed by atoms with van der Waals surface area (Å²) in [5.41, 5.74) is 1.98. The minimum atomic E-state index is -0.752. The first-order valence-corrected chi connectivity index (χ1v) is 9.53. The van der Waals surface area contributed by atoms with E-state index in [-0.39, 0.29) is 5.76 Å². The topological polar surface area (TPSA) is 97.6 Å². The van der Waals surface area contributed by atoms with Gasteiger partial charge in [0.05, 0.1) is 11.8 Å². The number of carbonyl (C=O) groups excluding carboxylic acids is 3. The predicted molar refractivity (Wildman–Crippen MR) is 112 cm³/mol. The summed E-state index contributed by atoms with van der Waals surface area (Å²) in [6.45, 7) is -0.00550. The highest BCUT2D eigenvalue weighted by molar-refractivity contribution is 6.30. The Morgan fingerprint density at radius 3 is 2.47 bits per heavy atom. The van der Waals surface area contributed by atoms with Gasteiger partial charge >= 0.3 is 5.97 Å². The number of nitrogens with one attached hydrogen (secondary N) is 2. The summed E-state index contributed by atoms with van der Waals surface area (Å²) < 4.78 is 9.93. The molecule has 3 rings (SSSR count). The zero-order valence-corrected chi connectivity index (χ0v) is 16.6. The normalized spacial score (nSPS) is 10.3. The van der Waals surface area contributed by atoms with Crippen LogP contribution in [0, 0.1) is 0 Å². The lowest BCUT2D eigenvalue weighted by molar-refractivity contribution is -0.123. The molecule has 7 nitrogen and oxygen atoms in total. The average Bonchev–Trinajstić information content (AvgIpc) is 3.29. The molecule has 2 aromatic carbocycles. The quantitative estimate of drug-likeness (QED) is 0.533. The molecule has 2 N–H and O–H groups in total. The van der Waals surface area contributed by atoms with Gasteiger partial charge in [-0.15, -0.1) is 0 Å². The molecule has 0 aliphatic rings. The maximum absolute atomic E-state index is 12.4. The molecule has 0 atom stereocenters. The number of rotatable bonds is 8. The number of carbonyl (C=O) groups is 3. The molecule has 0 unspecified atom stereocenters. The number of halogens is 1. The van der Waals surface area contributed by atoms with Gasteiger partial charge in [0, 0.05) is 17.3 Å². The molecule has 2 amide bonds. The Bertz CT molecular complexity index is 1020. The number of esters is 1. The summed E-state index contributed by atoms with van der Waals surface area (Å²) in [4.78, 5) is 36.0. The Hall–Kier alpha value is -3.58. The van der Waals surface area contributed by atoms with Crippen LogP contribution in [0.15, 0.2) is 71.3 Å². The third kappa shape index (κ3) is 5.96. The second-order valence-corrected chi connectivity index (χ2v) is 6.72. The number of hydrogen-bond donors (Lipinski definition) is 2. The molecule has 0 fully saturated rings. The molecule has 1 aromatic heterocycles. The Balaban J connectivity index is 1.51. The van der Waals surface area contributed by atoms with Crippen molar-refractivity contribution in [2.45, 2.75) is 6.42 Å². The number of benzene rings is 2. The van der Waals surface area contributed by atoms with E-state index in [2.05, 4.69) is 10.6 Å². The van der Waals surface area contributed by atoms with Gasteiger partial charge in [0.1, 0.15) is 0 Å². The lowest BCUT2D eigenvalue weighted by atomic mass is 10.1. The van der Waals surface area contributed by atoms with E-state index >= 15 is 0 Å². The summed E-state index contributed by atoms with van der Waals surface area (Å²) in [6.07, 6.45) is 2.05. The highest BCUT2D eigenvalue weighted by Crippen LogP contribution is 2.17. The molecule has 0 bridgehead atoms. The van der Waals surface area contributed by atoms with Crippen molar-refractivity contribution >= 4 is 35.1 Å². The van der Waals surface area contributed by atoms with E-state index < -0.39 is 24.4 Å². The van der Waals surface area contributed by atoms with Crippen LogP contribution >= 0.6 is 11.6 Å². The van der Waals surface area contributed by atoms with Crippen LogP contribution in [0.5, 0.6) is 0 Å². The number of amides is 2. The van der Waals surface area contributed by atoms with Gasteiger partial charge < -0.3 is 14.5 Å². The highest BCUT2D eigenvalue weighted by Gasteiger charge is 2.17. The SMILES string of the molecule is O=C(COC(=O)c1ccccc1NCCc1ccc(Cl)cc1)NC(=O)c1ccco1. The highest BCUT2D eigenvalue weighted by atomic mass is 35.5. The monoisotopic (exact) mass is 426 g/mol. The Morgan fingerprint density at radius 2 is 1.73 bits per heavy atom. The van der Waals surface area contributed by atoms with Gasteiger partial charge in [-0.1, -0.05) is 35.9 Å². The summed E-state index contributed by atoms with van der Waals surface area (Å²) in [6, 6.07) is 17.3. The molecule has 0 saturated heterocycles. The van der Waals surface area contributed by atoms with Crippen molar-refractivity contribution in [1.82, 2.24) is 5.32 Å². The molecule has 0 aliphatic carbocycles. The zero-order valence-electron chi connectivity index (χ0n) is 15.9. The van der Waals surface area contributed by atoms with E-state index in [9.17, 15) is 14.4 Å². The van der Waals surface area contributed by atoms with Gasteiger partial charge in [0.25, 0.3) is 11.8 Å². The average molecular weight is 427 g/mol. The van der Waals surface area contributed by atoms with Crippen LogP contribution in [0.4, 0.5) is 5.69 Å². The fourth-order valence-corrected chi connectivity index (χ4v) is 2.77. The lowest BCUT2D eigenvalue weighted by Gasteiger charge is -2.12. The zero-order chi connectivity index (χ0) is 21.3. The first-order chi connectivity index (χ1) is 14.5. The Kier molecular flexibility index (Phi) is 7.24. The molecule has 8 heteroatoms. The van der Waals surface area contributed by atoms with Crippen molar-refractivity contribution in [3.05, 3.63) is 88.8 Å². The molecule has 30 heavy (non-hydrogen) atoms. The summed E-state index contributed by atoms with van der Waals surface area (Å²) >= 11 is 5.88. The van der Waals surface area contributed by atoms with Crippen molar-refractivity contribution in [2.75, 3.05) is 18.5 Å². The number of hydrogen-bond acceptors (Lipinski definition) is 6. The van der Waals surface area contributed by atoms with Crippen LogP contribution in [0.2, 0.25) is 5.02 Å². The summed E-state index contributed by atoms with van der Waals surface area (Å²) in [5.74, 6) is -2.14. The standard InChI is InChI=1S/C22H19ClN2O5/c23-16-9-7-15(8-10-16)11-12-24-18-5-2-1-4-17(18)22(28)30-14-20(26)25-21(27)19-6-3-13-29-19/h1-10,13,24H,11-12,14H2,(H,25,26,27). The number of ether oxygens (including phenoxy) is 1. The minimum Gasteiger partial charge on any atom is -0.459 e. The van der Waals surface area contributed by atoms with Crippen molar-refractivity contribution in [3.63, 3.8) is 0 Å². The largest absolute Gasteiger partial charge is 0.459 e. The van der Waals surface area contributed by atoms with Gasteiger partial charge in [-0.2, -0.15) is 0 Å². The van der Waals surface area contributed by atoms with Crippen molar-refractivity contribution in [2.24, 2.45) is 0 Å². The van der Waals surface area contributed by atoms with Crippen LogP contribution < -0.4 is 10.6 Å². The van der Waals surface area contributed by atoms with Gasteiger partial charge in [-0.3, -0.25) is 14.9 Å². The van der Waals surface area contributed by atoms with Gasteiger partial charge in [0.2, 0.25) is 0 Å². The third-order valence-electron chi connectivity index (χ3n) is 4.12. The number of furan rings is 1.